The topological polar surface area (TPSA) is 85.9 Å². The fraction of sp³-hybridized carbons (Fsp3) is 0.176. The predicted octanol–water partition coefficient (Wildman–Crippen LogP) is 3.43. The van der Waals surface area contributed by atoms with Crippen LogP contribution in [0.1, 0.15) is 18.1 Å². The van der Waals surface area contributed by atoms with Crippen LogP contribution in [0.25, 0.3) is 0 Å². The van der Waals surface area contributed by atoms with Crippen LogP contribution >= 0.6 is 15.9 Å². The number of primary amides is 1. The quantitative estimate of drug-likeness (QED) is 0.559. The van der Waals surface area contributed by atoms with E-state index in [2.05, 4.69) is 26.5 Å². The van der Waals surface area contributed by atoms with Gasteiger partial charge in [0.1, 0.15) is 6.61 Å². The van der Waals surface area contributed by atoms with Gasteiger partial charge in [-0.05, 0) is 48.4 Å². The lowest BCUT2D eigenvalue weighted by molar-refractivity contribution is 0.249. The average Bonchev–Trinajstić information content (AvgIpc) is 2.55. The minimum absolute atomic E-state index is 0.435. The summed E-state index contributed by atoms with van der Waals surface area (Å²) in [5.41, 5.74) is 8.90. The van der Waals surface area contributed by atoms with Gasteiger partial charge in [-0.3, -0.25) is 0 Å². The molecule has 2 rings (SSSR count). The van der Waals surface area contributed by atoms with Crippen molar-refractivity contribution in [2.75, 3.05) is 6.61 Å². The van der Waals surface area contributed by atoms with E-state index in [4.69, 9.17) is 15.2 Å². The maximum atomic E-state index is 10.6. The van der Waals surface area contributed by atoms with Gasteiger partial charge in [0, 0.05) is 4.47 Å². The van der Waals surface area contributed by atoms with Crippen LogP contribution in [0.2, 0.25) is 0 Å². The van der Waals surface area contributed by atoms with Crippen molar-refractivity contribution in [2.24, 2.45) is 10.8 Å². The molecule has 0 saturated heterocycles. The second-order valence-corrected chi connectivity index (χ2v) is 5.70. The number of rotatable bonds is 7. The van der Waals surface area contributed by atoms with Crippen molar-refractivity contribution in [2.45, 2.75) is 13.5 Å². The highest BCUT2D eigenvalue weighted by Crippen LogP contribution is 2.29. The lowest BCUT2D eigenvalue weighted by Gasteiger charge is -2.12. The number of carbonyl (C=O) groups excluding carboxylic acids is 1. The molecule has 2 amide bonds. The summed E-state index contributed by atoms with van der Waals surface area (Å²) < 4.78 is 12.5. The Morgan fingerprint density at radius 3 is 2.62 bits per heavy atom. The molecule has 126 valence electrons. The van der Waals surface area contributed by atoms with Crippen LogP contribution < -0.4 is 20.6 Å². The summed E-state index contributed by atoms with van der Waals surface area (Å²) in [4.78, 5) is 10.6. The summed E-state index contributed by atoms with van der Waals surface area (Å²) in [6.07, 6.45) is 1.48. The highest BCUT2D eigenvalue weighted by Gasteiger charge is 2.06. The number of amides is 2. The summed E-state index contributed by atoms with van der Waals surface area (Å²) in [6, 6.07) is 12.6. The third-order valence-electron chi connectivity index (χ3n) is 2.96. The molecule has 2 aromatic rings. The fourth-order valence-electron chi connectivity index (χ4n) is 1.90. The normalized spacial score (nSPS) is 10.6. The number of hydrazone groups is 1. The molecule has 0 atom stereocenters. The van der Waals surface area contributed by atoms with Gasteiger partial charge in [-0.2, -0.15) is 5.10 Å². The molecule has 0 saturated carbocycles. The Morgan fingerprint density at radius 2 is 1.96 bits per heavy atom. The van der Waals surface area contributed by atoms with Gasteiger partial charge >= 0.3 is 6.03 Å². The van der Waals surface area contributed by atoms with E-state index in [9.17, 15) is 4.79 Å². The molecule has 0 fully saturated rings. The molecule has 0 spiro atoms. The van der Waals surface area contributed by atoms with Crippen LogP contribution in [0.15, 0.2) is 52.0 Å². The summed E-state index contributed by atoms with van der Waals surface area (Å²) in [7, 11) is 0. The van der Waals surface area contributed by atoms with E-state index in [1.165, 1.54) is 6.21 Å². The van der Waals surface area contributed by atoms with Crippen molar-refractivity contribution < 1.29 is 14.3 Å². The van der Waals surface area contributed by atoms with Crippen LogP contribution in [0, 0.1) is 0 Å². The van der Waals surface area contributed by atoms with Crippen molar-refractivity contribution in [1.29, 1.82) is 0 Å². The van der Waals surface area contributed by atoms with E-state index in [1.54, 1.807) is 12.1 Å². The number of halogens is 1. The molecule has 0 unspecified atom stereocenters. The van der Waals surface area contributed by atoms with Gasteiger partial charge in [0.15, 0.2) is 11.5 Å². The zero-order valence-electron chi connectivity index (χ0n) is 13.2. The van der Waals surface area contributed by atoms with Crippen LogP contribution in [-0.4, -0.2) is 18.9 Å². The molecule has 2 aromatic carbocycles. The first-order chi connectivity index (χ1) is 11.6. The zero-order valence-corrected chi connectivity index (χ0v) is 14.7. The summed E-state index contributed by atoms with van der Waals surface area (Å²) in [5, 5.41) is 3.72. The molecule has 6 nitrogen and oxygen atoms in total. The van der Waals surface area contributed by atoms with Gasteiger partial charge in [0.05, 0.1) is 12.8 Å². The monoisotopic (exact) mass is 391 g/mol. The second-order valence-electron chi connectivity index (χ2n) is 4.79. The zero-order chi connectivity index (χ0) is 17.4. The lowest BCUT2D eigenvalue weighted by Crippen LogP contribution is -2.24. The van der Waals surface area contributed by atoms with Crippen molar-refractivity contribution in [3.8, 4) is 11.5 Å². The first kappa shape index (κ1) is 17.8. The van der Waals surface area contributed by atoms with Gasteiger partial charge in [0.25, 0.3) is 0 Å². The molecule has 0 aliphatic heterocycles. The van der Waals surface area contributed by atoms with Gasteiger partial charge in [0.2, 0.25) is 0 Å². The maximum absolute atomic E-state index is 10.6. The Kier molecular flexibility index (Phi) is 6.62. The molecule has 7 heteroatoms. The number of benzene rings is 2. The molecular weight excluding hydrogens is 374 g/mol. The number of hydrogen-bond acceptors (Lipinski definition) is 4. The Bertz CT molecular complexity index is 718. The highest BCUT2D eigenvalue weighted by atomic mass is 79.9. The number of urea groups is 1. The molecule has 0 aromatic heterocycles. The van der Waals surface area contributed by atoms with Crippen LogP contribution in [0.4, 0.5) is 4.79 Å². The van der Waals surface area contributed by atoms with E-state index >= 15 is 0 Å². The molecule has 0 aliphatic rings. The number of carbonyl (C=O) groups is 1. The number of nitrogens with one attached hydrogen (secondary N) is 1. The van der Waals surface area contributed by atoms with Crippen molar-refractivity contribution in [3.63, 3.8) is 0 Å². The SMILES string of the molecule is CCOc1cc(C=NNC(N)=O)ccc1OCc1ccc(Br)cc1. The standard InChI is InChI=1S/C17H18BrN3O3/c1-2-23-16-9-13(10-20-21-17(19)22)5-8-15(16)24-11-12-3-6-14(18)7-4-12/h3-10H,2,11H2,1H3,(H3,19,21,22). The first-order valence-corrected chi connectivity index (χ1v) is 8.10. The van der Waals surface area contributed by atoms with Gasteiger partial charge < -0.3 is 15.2 Å². The molecule has 0 radical (unpaired) electrons. The Hall–Kier alpha value is -2.54. The Balaban J connectivity index is 2.09. The van der Waals surface area contributed by atoms with E-state index in [1.807, 2.05) is 37.3 Å². The van der Waals surface area contributed by atoms with Gasteiger partial charge in [-0.25, -0.2) is 10.2 Å². The molecule has 0 heterocycles. The van der Waals surface area contributed by atoms with E-state index in [0.717, 1.165) is 15.6 Å². The number of nitrogens with two attached hydrogens (primary N) is 1. The maximum Gasteiger partial charge on any atom is 0.332 e. The highest BCUT2D eigenvalue weighted by molar-refractivity contribution is 9.10. The molecule has 0 aliphatic carbocycles. The Morgan fingerprint density at radius 1 is 1.21 bits per heavy atom. The number of nitrogens with zero attached hydrogens (tertiary/aromatic N) is 1. The van der Waals surface area contributed by atoms with Gasteiger partial charge in [-0.15, -0.1) is 0 Å². The van der Waals surface area contributed by atoms with Crippen LogP contribution in [0.3, 0.4) is 0 Å². The van der Waals surface area contributed by atoms with Crippen molar-refractivity contribution >= 4 is 28.2 Å². The summed E-state index contributed by atoms with van der Waals surface area (Å²) >= 11 is 3.40. The third kappa shape index (κ3) is 5.58. The minimum Gasteiger partial charge on any atom is -0.490 e. The third-order valence-corrected chi connectivity index (χ3v) is 3.49. The molecule has 0 bridgehead atoms. The van der Waals surface area contributed by atoms with Crippen molar-refractivity contribution in [1.82, 2.24) is 5.43 Å². The fourth-order valence-corrected chi connectivity index (χ4v) is 2.17. The van der Waals surface area contributed by atoms with Crippen LogP contribution in [-0.2, 0) is 6.61 Å². The van der Waals surface area contributed by atoms with E-state index in [0.29, 0.717) is 24.7 Å². The minimum atomic E-state index is -0.717. The summed E-state index contributed by atoms with van der Waals surface area (Å²) in [6.45, 7) is 2.84. The van der Waals surface area contributed by atoms with E-state index in [-0.39, 0.29) is 0 Å². The average molecular weight is 392 g/mol. The number of ether oxygens (including phenoxy) is 2. The van der Waals surface area contributed by atoms with E-state index < -0.39 is 6.03 Å². The second kappa shape index (κ2) is 8.93. The predicted molar refractivity (Wildman–Crippen MR) is 96.4 cm³/mol. The summed E-state index contributed by atoms with van der Waals surface area (Å²) in [5.74, 6) is 1.25. The Labute approximate surface area is 148 Å². The molecular formula is C17H18BrN3O3. The van der Waals surface area contributed by atoms with Crippen molar-refractivity contribution in [3.05, 3.63) is 58.1 Å². The first-order valence-electron chi connectivity index (χ1n) is 7.31. The smallest absolute Gasteiger partial charge is 0.332 e. The molecule has 24 heavy (non-hydrogen) atoms. The largest absolute Gasteiger partial charge is 0.490 e. The van der Waals surface area contributed by atoms with Crippen LogP contribution in [0.5, 0.6) is 11.5 Å². The van der Waals surface area contributed by atoms with Gasteiger partial charge in [-0.1, -0.05) is 28.1 Å². The molecule has 3 N–H and O–H groups in total. The lowest BCUT2D eigenvalue weighted by atomic mass is 10.2. The number of hydrogen-bond donors (Lipinski definition) is 2.